The molecule has 0 fully saturated rings. The van der Waals surface area contributed by atoms with E-state index in [1.54, 1.807) is 0 Å². The van der Waals surface area contributed by atoms with Crippen molar-refractivity contribution in [2.45, 2.75) is 25.4 Å². The molecule has 34 heavy (non-hydrogen) atoms. The average Bonchev–Trinajstić information content (AvgIpc) is 3.28. The normalized spacial score (nSPS) is 12.8. The Morgan fingerprint density at radius 3 is 2.50 bits per heavy atom. The highest BCUT2D eigenvalue weighted by Crippen LogP contribution is 2.24. The molecule has 3 aromatic heterocycles. The number of aliphatic hydroxyl groups excluding tert-OH is 1. The zero-order valence-electron chi connectivity index (χ0n) is 16.8. The number of benzene rings is 1. The van der Waals surface area contributed by atoms with Gasteiger partial charge in [-0.3, -0.25) is 4.57 Å². The maximum absolute atomic E-state index is 14.1. The summed E-state index contributed by atoms with van der Waals surface area (Å²) in [5.74, 6) is -0.949. The van der Waals surface area contributed by atoms with Crippen molar-refractivity contribution in [1.29, 1.82) is 0 Å². The molecule has 0 aliphatic rings. The standard InChI is InChI=1S/C19H13BrClF4N7O2/c20-17-27-14(28-32(17)16-12(22)2-1-7-26-16)9-31-18(34)30(8-13(33)19(23,24)25)15(29-31)10-3-5-11(21)6-4-10/h1-7,13,33H,8-9H2/t13-/m0/s1. The number of halogens is 6. The van der Waals surface area contributed by atoms with Crippen LogP contribution in [0, 0.1) is 5.82 Å². The van der Waals surface area contributed by atoms with Gasteiger partial charge in [0.25, 0.3) is 0 Å². The highest BCUT2D eigenvalue weighted by atomic mass is 79.9. The number of alkyl halides is 3. The van der Waals surface area contributed by atoms with Crippen LogP contribution in [0.25, 0.3) is 17.2 Å². The van der Waals surface area contributed by atoms with Gasteiger partial charge in [-0.05, 0) is 52.3 Å². The Kier molecular flexibility index (Phi) is 6.55. The minimum absolute atomic E-state index is 0.00250. The second kappa shape index (κ2) is 9.27. The maximum Gasteiger partial charge on any atom is 0.416 e. The molecular formula is C19H13BrClF4N7O2. The Morgan fingerprint density at radius 2 is 1.85 bits per heavy atom. The van der Waals surface area contributed by atoms with Gasteiger partial charge in [0.15, 0.2) is 29.4 Å². The van der Waals surface area contributed by atoms with E-state index >= 15 is 0 Å². The van der Waals surface area contributed by atoms with Crippen molar-refractivity contribution < 1.29 is 22.7 Å². The van der Waals surface area contributed by atoms with Gasteiger partial charge >= 0.3 is 11.9 Å². The number of nitrogens with zero attached hydrogens (tertiary/aromatic N) is 7. The molecule has 0 radical (unpaired) electrons. The van der Waals surface area contributed by atoms with Crippen LogP contribution >= 0.6 is 27.5 Å². The average molecular weight is 563 g/mol. The van der Waals surface area contributed by atoms with Crippen LogP contribution in [-0.4, -0.2) is 51.5 Å². The summed E-state index contributed by atoms with van der Waals surface area (Å²) >= 11 is 9.00. The molecule has 1 aromatic carbocycles. The summed E-state index contributed by atoms with van der Waals surface area (Å²) in [4.78, 5) is 20.9. The van der Waals surface area contributed by atoms with Crippen LogP contribution in [0.4, 0.5) is 17.6 Å². The number of hydrogen-bond acceptors (Lipinski definition) is 6. The summed E-state index contributed by atoms with van der Waals surface area (Å²) < 4.78 is 55.7. The molecule has 4 rings (SSSR count). The molecule has 0 unspecified atom stereocenters. The van der Waals surface area contributed by atoms with Crippen LogP contribution in [0.15, 0.2) is 52.1 Å². The lowest BCUT2D eigenvalue weighted by Gasteiger charge is -2.15. The summed E-state index contributed by atoms with van der Waals surface area (Å²) in [6, 6.07) is 8.47. The first kappa shape index (κ1) is 24.0. The number of hydrogen-bond donors (Lipinski definition) is 1. The molecular weight excluding hydrogens is 550 g/mol. The third-order valence-electron chi connectivity index (χ3n) is 4.60. The minimum atomic E-state index is -4.95. The minimum Gasteiger partial charge on any atom is -0.382 e. The zero-order chi connectivity index (χ0) is 24.6. The summed E-state index contributed by atoms with van der Waals surface area (Å²) in [7, 11) is 0. The summed E-state index contributed by atoms with van der Waals surface area (Å²) in [5, 5.41) is 18.1. The SMILES string of the molecule is O=c1n(Cc2nc(Br)n(-c3ncccc3F)n2)nc(-c2ccc(Cl)cc2)n1C[C@H](O)C(F)(F)F. The quantitative estimate of drug-likeness (QED) is 0.362. The van der Waals surface area contributed by atoms with Gasteiger partial charge in [0.1, 0.15) is 6.54 Å². The first-order valence-electron chi connectivity index (χ1n) is 9.45. The van der Waals surface area contributed by atoms with Crippen molar-refractivity contribution in [2.75, 3.05) is 0 Å². The molecule has 1 N–H and O–H groups in total. The molecule has 15 heteroatoms. The lowest BCUT2D eigenvalue weighted by Crippen LogP contribution is -2.37. The van der Waals surface area contributed by atoms with Crippen molar-refractivity contribution in [3.8, 4) is 17.2 Å². The van der Waals surface area contributed by atoms with Gasteiger partial charge in [-0.1, -0.05) is 11.6 Å². The third-order valence-corrected chi connectivity index (χ3v) is 5.37. The van der Waals surface area contributed by atoms with Crippen LogP contribution in [0.2, 0.25) is 5.02 Å². The lowest BCUT2D eigenvalue weighted by molar-refractivity contribution is -0.207. The number of rotatable bonds is 6. The topological polar surface area (TPSA) is 104 Å². The fourth-order valence-corrected chi connectivity index (χ4v) is 3.58. The van der Waals surface area contributed by atoms with Gasteiger partial charge in [-0.2, -0.15) is 17.9 Å². The molecule has 3 heterocycles. The predicted octanol–water partition coefficient (Wildman–Crippen LogP) is 3.21. The Bertz CT molecular complexity index is 1380. The van der Waals surface area contributed by atoms with Gasteiger partial charge in [0, 0.05) is 16.8 Å². The summed E-state index contributed by atoms with van der Waals surface area (Å²) in [5.41, 5.74) is -0.644. The molecule has 0 amide bonds. The second-order valence-corrected chi connectivity index (χ2v) is 8.10. The second-order valence-electron chi connectivity index (χ2n) is 6.96. The van der Waals surface area contributed by atoms with Crippen LogP contribution in [-0.2, 0) is 13.1 Å². The van der Waals surface area contributed by atoms with Crippen molar-refractivity contribution in [3.63, 3.8) is 0 Å². The highest BCUT2D eigenvalue weighted by molar-refractivity contribution is 9.10. The number of aliphatic hydroxyl groups is 1. The van der Waals surface area contributed by atoms with Crippen molar-refractivity contribution >= 4 is 27.5 Å². The predicted molar refractivity (Wildman–Crippen MR) is 115 cm³/mol. The fraction of sp³-hybridized carbons (Fsp3) is 0.211. The maximum atomic E-state index is 14.1. The molecule has 0 aliphatic heterocycles. The van der Waals surface area contributed by atoms with E-state index in [0.717, 1.165) is 9.36 Å². The Balaban J connectivity index is 1.74. The van der Waals surface area contributed by atoms with Crippen molar-refractivity contribution in [3.05, 3.63) is 74.5 Å². The molecule has 0 spiro atoms. The van der Waals surface area contributed by atoms with Crippen molar-refractivity contribution in [2.24, 2.45) is 0 Å². The zero-order valence-corrected chi connectivity index (χ0v) is 19.1. The van der Waals surface area contributed by atoms with Gasteiger partial charge in [0.05, 0.1) is 6.54 Å². The molecule has 0 saturated carbocycles. The smallest absolute Gasteiger partial charge is 0.382 e. The molecule has 0 aliphatic carbocycles. The number of aromatic nitrogens is 7. The largest absolute Gasteiger partial charge is 0.416 e. The molecule has 4 aromatic rings. The van der Waals surface area contributed by atoms with Crippen LogP contribution in [0.5, 0.6) is 0 Å². The van der Waals surface area contributed by atoms with Gasteiger partial charge in [-0.15, -0.1) is 10.2 Å². The fourth-order valence-electron chi connectivity index (χ4n) is 3.00. The van der Waals surface area contributed by atoms with E-state index in [0.29, 0.717) is 15.2 Å². The highest BCUT2D eigenvalue weighted by Gasteiger charge is 2.39. The molecule has 178 valence electrons. The summed E-state index contributed by atoms with van der Waals surface area (Å²) in [6.07, 6.45) is -6.40. The van der Waals surface area contributed by atoms with Crippen LogP contribution in [0.1, 0.15) is 5.82 Å². The molecule has 1 atom stereocenters. The monoisotopic (exact) mass is 561 g/mol. The van der Waals surface area contributed by atoms with E-state index in [1.807, 2.05) is 0 Å². The van der Waals surface area contributed by atoms with Crippen LogP contribution in [0.3, 0.4) is 0 Å². The molecule has 9 nitrogen and oxygen atoms in total. The molecule has 0 bridgehead atoms. The van der Waals surface area contributed by atoms with Gasteiger partial charge < -0.3 is 5.11 Å². The van der Waals surface area contributed by atoms with E-state index < -0.39 is 30.3 Å². The van der Waals surface area contributed by atoms with E-state index in [1.165, 1.54) is 42.6 Å². The Morgan fingerprint density at radius 1 is 1.15 bits per heavy atom. The van der Waals surface area contributed by atoms with E-state index in [9.17, 15) is 27.5 Å². The Labute approximate surface area is 201 Å². The number of pyridine rings is 1. The Hall–Kier alpha value is -3.10. The van der Waals surface area contributed by atoms with E-state index in [4.69, 9.17) is 11.6 Å². The first-order chi connectivity index (χ1) is 16.0. The van der Waals surface area contributed by atoms with Gasteiger partial charge in [0.2, 0.25) is 4.73 Å². The van der Waals surface area contributed by atoms with Crippen LogP contribution < -0.4 is 5.69 Å². The molecule has 0 saturated heterocycles. The van der Waals surface area contributed by atoms with Gasteiger partial charge in [-0.25, -0.2) is 23.8 Å². The van der Waals surface area contributed by atoms with E-state index in [-0.39, 0.29) is 28.7 Å². The third kappa shape index (κ3) is 4.88. The first-order valence-corrected chi connectivity index (χ1v) is 10.6. The lowest BCUT2D eigenvalue weighted by atomic mass is 10.2. The van der Waals surface area contributed by atoms with E-state index in [2.05, 4.69) is 36.1 Å². The summed E-state index contributed by atoms with van der Waals surface area (Å²) in [6.45, 7) is -1.43. The van der Waals surface area contributed by atoms with Crippen molar-refractivity contribution in [1.82, 2.24) is 34.1 Å².